The highest BCUT2D eigenvalue weighted by Gasteiger charge is 2.30. The zero-order valence-corrected chi connectivity index (χ0v) is 12.7. The lowest BCUT2D eigenvalue weighted by Gasteiger charge is -2.24. The van der Waals surface area contributed by atoms with Gasteiger partial charge in [0.15, 0.2) is 11.5 Å². The van der Waals surface area contributed by atoms with Gasteiger partial charge in [-0.3, -0.25) is 0 Å². The molecule has 2 aliphatic rings. The average molecular weight is 318 g/mol. The fraction of sp³-hybridized carbons (Fsp3) is 0.105. The monoisotopic (exact) mass is 318 g/mol. The van der Waals surface area contributed by atoms with Crippen LogP contribution in [-0.2, 0) is 0 Å². The van der Waals surface area contributed by atoms with Crippen molar-refractivity contribution in [1.29, 1.82) is 5.26 Å². The van der Waals surface area contributed by atoms with E-state index in [0.29, 0.717) is 22.8 Å². The molecule has 5 heteroatoms. The third kappa shape index (κ3) is 2.34. The number of nitrogens with zero attached hydrogens (tertiary/aromatic N) is 1. The number of nitrogens with two attached hydrogens (primary N) is 1. The third-order valence-corrected chi connectivity index (χ3v) is 4.04. The number of benzene rings is 2. The Hall–Kier alpha value is -3.39. The van der Waals surface area contributed by atoms with Crippen molar-refractivity contribution in [2.24, 2.45) is 5.73 Å². The van der Waals surface area contributed by atoms with Crippen LogP contribution < -0.4 is 19.9 Å². The Kier molecular flexibility index (Phi) is 3.36. The van der Waals surface area contributed by atoms with Gasteiger partial charge in [0.1, 0.15) is 17.4 Å². The molecular weight excluding hydrogens is 304 g/mol. The molecule has 0 radical (unpaired) electrons. The first kappa shape index (κ1) is 14.2. The van der Waals surface area contributed by atoms with E-state index < -0.39 is 0 Å². The van der Waals surface area contributed by atoms with Crippen LogP contribution >= 0.6 is 0 Å². The second-order valence-electron chi connectivity index (χ2n) is 5.48. The second-order valence-corrected chi connectivity index (χ2v) is 5.48. The predicted molar refractivity (Wildman–Crippen MR) is 88.2 cm³/mol. The van der Waals surface area contributed by atoms with Gasteiger partial charge in [-0.25, -0.2) is 0 Å². The van der Waals surface area contributed by atoms with Crippen LogP contribution in [0.25, 0.3) is 6.08 Å². The van der Waals surface area contributed by atoms with Crippen molar-refractivity contribution in [3.05, 3.63) is 71.1 Å². The zero-order valence-electron chi connectivity index (χ0n) is 12.7. The van der Waals surface area contributed by atoms with Crippen LogP contribution in [0.5, 0.6) is 17.2 Å². The van der Waals surface area contributed by atoms with Gasteiger partial charge < -0.3 is 19.9 Å². The summed E-state index contributed by atoms with van der Waals surface area (Å²) in [5, 5.41) is 9.49. The summed E-state index contributed by atoms with van der Waals surface area (Å²) in [4.78, 5) is 0. The first-order chi connectivity index (χ1) is 11.8. The van der Waals surface area contributed by atoms with Gasteiger partial charge in [-0.05, 0) is 11.6 Å². The number of hydrogen-bond acceptors (Lipinski definition) is 5. The highest BCUT2D eigenvalue weighted by Crippen LogP contribution is 2.46. The fourth-order valence-corrected chi connectivity index (χ4v) is 2.85. The van der Waals surface area contributed by atoms with E-state index in [0.717, 1.165) is 11.1 Å². The maximum atomic E-state index is 9.49. The number of fused-ring (bicyclic) bond motifs is 2. The molecule has 2 aromatic rings. The van der Waals surface area contributed by atoms with Gasteiger partial charge in [0.05, 0.1) is 0 Å². The summed E-state index contributed by atoms with van der Waals surface area (Å²) in [5.74, 6) is 1.67. The first-order valence-electron chi connectivity index (χ1n) is 7.50. The molecule has 0 aliphatic carbocycles. The Bertz CT molecular complexity index is 895. The minimum Gasteiger partial charge on any atom is -0.454 e. The van der Waals surface area contributed by atoms with Crippen LogP contribution in [0.15, 0.2) is 60.0 Å². The van der Waals surface area contributed by atoms with Crippen molar-refractivity contribution in [2.75, 3.05) is 6.79 Å². The molecule has 0 fully saturated rings. The molecule has 118 valence electrons. The van der Waals surface area contributed by atoms with Gasteiger partial charge in [0, 0.05) is 17.5 Å². The lowest BCUT2D eigenvalue weighted by molar-refractivity contribution is 0.174. The molecule has 2 aliphatic heterocycles. The summed E-state index contributed by atoms with van der Waals surface area (Å²) in [6.45, 7) is 0.177. The molecule has 5 nitrogen and oxygen atoms in total. The van der Waals surface area contributed by atoms with Crippen molar-refractivity contribution in [2.45, 2.75) is 5.92 Å². The molecule has 1 atom stereocenters. The van der Waals surface area contributed by atoms with E-state index in [4.69, 9.17) is 19.9 Å². The van der Waals surface area contributed by atoms with E-state index in [1.54, 1.807) is 6.07 Å². The van der Waals surface area contributed by atoms with Gasteiger partial charge in [0.25, 0.3) is 0 Å². The summed E-state index contributed by atoms with van der Waals surface area (Å²) >= 11 is 0. The molecule has 0 saturated carbocycles. The maximum Gasteiger partial charge on any atom is 0.231 e. The number of rotatable bonds is 2. The van der Waals surface area contributed by atoms with Crippen molar-refractivity contribution in [1.82, 2.24) is 0 Å². The summed E-state index contributed by atoms with van der Waals surface area (Å²) in [7, 11) is 0. The van der Waals surface area contributed by atoms with Crippen LogP contribution in [0.3, 0.4) is 0 Å². The molecule has 2 aromatic carbocycles. The SMILES string of the molecule is N#CC1=C(N)Oc2cc3c(cc2C1/C=C/c1ccccc1)OCO3. The largest absolute Gasteiger partial charge is 0.454 e. The van der Waals surface area contributed by atoms with Crippen molar-refractivity contribution in [3.63, 3.8) is 0 Å². The smallest absolute Gasteiger partial charge is 0.231 e. The van der Waals surface area contributed by atoms with Crippen LogP contribution in [0.4, 0.5) is 0 Å². The summed E-state index contributed by atoms with van der Waals surface area (Å²) in [6.07, 6.45) is 3.92. The first-order valence-corrected chi connectivity index (χ1v) is 7.50. The quantitative estimate of drug-likeness (QED) is 0.919. The zero-order chi connectivity index (χ0) is 16.5. The maximum absolute atomic E-state index is 9.49. The molecule has 0 bridgehead atoms. The van der Waals surface area contributed by atoms with Gasteiger partial charge in [-0.1, -0.05) is 42.5 Å². The standard InChI is InChI=1S/C19H14N2O3/c20-10-15-13(7-6-12-4-2-1-3-5-12)14-8-17-18(23-11-22-17)9-16(14)24-19(15)21/h1-9,13H,11,21H2/b7-6+. The van der Waals surface area contributed by atoms with E-state index in [1.165, 1.54) is 0 Å². The molecule has 24 heavy (non-hydrogen) atoms. The second kappa shape index (κ2) is 5.67. The Morgan fingerprint density at radius 3 is 2.58 bits per heavy atom. The van der Waals surface area contributed by atoms with E-state index in [9.17, 15) is 5.26 Å². The summed E-state index contributed by atoms with van der Waals surface area (Å²) < 4.78 is 16.4. The molecule has 0 saturated heterocycles. The lowest BCUT2D eigenvalue weighted by Crippen LogP contribution is -2.19. The summed E-state index contributed by atoms with van der Waals surface area (Å²) in [5.41, 5.74) is 8.20. The molecule has 2 N–H and O–H groups in total. The average Bonchev–Trinajstić information content (AvgIpc) is 3.06. The topological polar surface area (TPSA) is 77.5 Å². The molecule has 0 amide bonds. The van der Waals surface area contributed by atoms with Gasteiger partial charge in [-0.15, -0.1) is 0 Å². The highest BCUT2D eigenvalue weighted by molar-refractivity contribution is 5.62. The van der Waals surface area contributed by atoms with Gasteiger partial charge >= 0.3 is 0 Å². The molecule has 1 unspecified atom stereocenters. The van der Waals surface area contributed by atoms with Crippen molar-refractivity contribution < 1.29 is 14.2 Å². The third-order valence-electron chi connectivity index (χ3n) is 4.04. The fourth-order valence-electron chi connectivity index (χ4n) is 2.85. The Balaban J connectivity index is 1.79. The van der Waals surface area contributed by atoms with E-state index >= 15 is 0 Å². The molecule has 4 rings (SSSR count). The van der Waals surface area contributed by atoms with E-state index in [-0.39, 0.29) is 18.6 Å². The minimum atomic E-state index is -0.298. The van der Waals surface area contributed by atoms with E-state index in [1.807, 2.05) is 48.6 Å². The van der Waals surface area contributed by atoms with Crippen LogP contribution in [0, 0.1) is 11.3 Å². The Morgan fingerprint density at radius 1 is 1.08 bits per heavy atom. The van der Waals surface area contributed by atoms with Gasteiger partial charge in [0.2, 0.25) is 12.7 Å². The summed E-state index contributed by atoms with van der Waals surface area (Å²) in [6, 6.07) is 15.6. The normalized spacial score (nSPS) is 18.2. The number of hydrogen-bond donors (Lipinski definition) is 1. The number of allylic oxidation sites excluding steroid dienone is 2. The van der Waals surface area contributed by atoms with Crippen LogP contribution in [0.1, 0.15) is 17.0 Å². The van der Waals surface area contributed by atoms with Gasteiger partial charge in [-0.2, -0.15) is 5.26 Å². The minimum absolute atomic E-state index is 0.117. The Morgan fingerprint density at radius 2 is 1.83 bits per heavy atom. The molecule has 0 aromatic heterocycles. The molecular formula is C19H14N2O3. The lowest BCUT2D eigenvalue weighted by atomic mass is 9.88. The Labute approximate surface area is 139 Å². The molecule has 0 spiro atoms. The number of ether oxygens (including phenoxy) is 3. The predicted octanol–water partition coefficient (Wildman–Crippen LogP) is 3.30. The number of nitriles is 1. The van der Waals surface area contributed by atoms with E-state index in [2.05, 4.69) is 6.07 Å². The van der Waals surface area contributed by atoms with Crippen LogP contribution in [-0.4, -0.2) is 6.79 Å². The highest BCUT2D eigenvalue weighted by atomic mass is 16.7. The van der Waals surface area contributed by atoms with Crippen molar-refractivity contribution >= 4 is 6.08 Å². The molecule has 2 heterocycles. The van der Waals surface area contributed by atoms with Crippen LogP contribution in [0.2, 0.25) is 0 Å². The van der Waals surface area contributed by atoms with Crippen molar-refractivity contribution in [3.8, 4) is 23.3 Å².